The molecule has 0 radical (unpaired) electrons. The van der Waals surface area contributed by atoms with Crippen LogP contribution in [0.1, 0.15) is 15.9 Å². The second-order valence-corrected chi connectivity index (χ2v) is 6.09. The van der Waals surface area contributed by atoms with Crippen molar-refractivity contribution in [2.75, 3.05) is 26.8 Å². The van der Waals surface area contributed by atoms with Gasteiger partial charge in [-0.15, -0.1) is 0 Å². The van der Waals surface area contributed by atoms with Crippen molar-refractivity contribution in [3.05, 3.63) is 52.2 Å². The molecule has 1 fully saturated rings. The maximum atomic E-state index is 12.4. The summed E-state index contributed by atoms with van der Waals surface area (Å²) >= 11 is 1.55. The van der Waals surface area contributed by atoms with Crippen LogP contribution < -0.4 is 4.74 Å². The third-order valence-electron chi connectivity index (χ3n) is 3.82. The minimum absolute atomic E-state index is 0.0460. The van der Waals surface area contributed by atoms with Gasteiger partial charge in [0, 0.05) is 24.9 Å². The van der Waals surface area contributed by atoms with E-state index in [9.17, 15) is 4.79 Å². The number of thiophene rings is 1. The van der Waals surface area contributed by atoms with Crippen LogP contribution in [0.25, 0.3) is 0 Å². The van der Waals surface area contributed by atoms with Gasteiger partial charge >= 0.3 is 0 Å². The van der Waals surface area contributed by atoms with Crippen LogP contribution in [0.5, 0.6) is 5.75 Å². The minimum Gasteiger partial charge on any atom is -0.497 e. The summed E-state index contributed by atoms with van der Waals surface area (Å²) in [6.07, 6.45) is 0.849. The van der Waals surface area contributed by atoms with E-state index in [0.29, 0.717) is 19.7 Å². The van der Waals surface area contributed by atoms with Crippen LogP contribution in [0.15, 0.2) is 41.1 Å². The lowest BCUT2D eigenvalue weighted by molar-refractivity contribution is -0.0208. The number of carbonyl (C=O) groups is 1. The number of rotatable bonds is 4. The molecule has 22 heavy (non-hydrogen) atoms. The molecule has 0 aliphatic carbocycles. The van der Waals surface area contributed by atoms with Gasteiger partial charge in [0.05, 0.1) is 25.4 Å². The summed E-state index contributed by atoms with van der Waals surface area (Å²) in [5.41, 5.74) is 1.96. The number of hydrogen-bond donors (Lipinski definition) is 0. The molecule has 0 saturated carbocycles. The smallest absolute Gasteiger partial charge is 0.254 e. The molecular weight excluding hydrogens is 298 g/mol. The van der Waals surface area contributed by atoms with Crippen LogP contribution >= 0.6 is 11.3 Å². The molecule has 3 rings (SSSR count). The number of morpholine rings is 1. The molecule has 1 aromatic carbocycles. The van der Waals surface area contributed by atoms with Crippen molar-refractivity contribution in [1.82, 2.24) is 4.90 Å². The number of ether oxygens (including phenoxy) is 2. The van der Waals surface area contributed by atoms with E-state index in [0.717, 1.165) is 17.7 Å². The molecule has 0 bridgehead atoms. The molecule has 116 valence electrons. The normalized spacial score (nSPS) is 18.2. The van der Waals surface area contributed by atoms with Crippen molar-refractivity contribution in [3.63, 3.8) is 0 Å². The number of methoxy groups -OCH3 is 1. The molecule has 1 amide bonds. The van der Waals surface area contributed by atoms with Crippen LogP contribution in [0.3, 0.4) is 0 Å². The Morgan fingerprint density at radius 1 is 1.36 bits per heavy atom. The highest BCUT2D eigenvalue weighted by Gasteiger charge is 2.25. The number of benzene rings is 1. The van der Waals surface area contributed by atoms with Crippen molar-refractivity contribution in [3.8, 4) is 5.75 Å². The Balaban J connectivity index is 1.61. The number of amides is 1. The number of nitrogens with zero attached hydrogens (tertiary/aromatic N) is 1. The zero-order valence-electron chi connectivity index (χ0n) is 12.5. The molecule has 1 aliphatic heterocycles. The van der Waals surface area contributed by atoms with E-state index >= 15 is 0 Å². The lowest BCUT2D eigenvalue weighted by atomic mass is 10.1. The monoisotopic (exact) mass is 317 g/mol. The molecule has 0 unspecified atom stereocenters. The predicted molar refractivity (Wildman–Crippen MR) is 86.7 cm³/mol. The Bertz CT molecular complexity index is 609. The van der Waals surface area contributed by atoms with Crippen LogP contribution in [0, 0.1) is 0 Å². The van der Waals surface area contributed by atoms with Crippen LogP contribution in [0.2, 0.25) is 0 Å². The van der Waals surface area contributed by atoms with Crippen LogP contribution in [-0.2, 0) is 11.2 Å². The first-order valence-corrected chi connectivity index (χ1v) is 8.26. The average molecular weight is 317 g/mol. The number of hydrogen-bond acceptors (Lipinski definition) is 4. The summed E-state index contributed by atoms with van der Waals surface area (Å²) in [6, 6.07) is 9.86. The molecular formula is C17H19NO3S. The Labute approximate surface area is 134 Å². The molecule has 0 spiro atoms. The Hall–Kier alpha value is -1.85. The van der Waals surface area contributed by atoms with E-state index in [1.54, 1.807) is 18.4 Å². The van der Waals surface area contributed by atoms with Crippen LogP contribution in [-0.4, -0.2) is 43.7 Å². The Morgan fingerprint density at radius 3 is 2.86 bits per heavy atom. The molecule has 1 atom stereocenters. The molecule has 4 nitrogen and oxygen atoms in total. The topological polar surface area (TPSA) is 38.8 Å². The first kappa shape index (κ1) is 15.1. The second-order valence-electron chi connectivity index (χ2n) is 5.31. The summed E-state index contributed by atoms with van der Waals surface area (Å²) in [4.78, 5) is 14.3. The third kappa shape index (κ3) is 3.48. The van der Waals surface area contributed by atoms with E-state index < -0.39 is 0 Å². The van der Waals surface area contributed by atoms with Gasteiger partial charge in [-0.2, -0.15) is 11.3 Å². The van der Waals surface area contributed by atoms with Gasteiger partial charge in [-0.3, -0.25) is 4.79 Å². The molecule has 2 heterocycles. The Morgan fingerprint density at radius 2 is 2.18 bits per heavy atom. The summed E-state index contributed by atoms with van der Waals surface area (Å²) in [6.45, 7) is 1.89. The van der Waals surface area contributed by atoms with Gasteiger partial charge in [-0.25, -0.2) is 0 Å². The maximum Gasteiger partial charge on any atom is 0.254 e. The fourth-order valence-electron chi connectivity index (χ4n) is 2.62. The van der Waals surface area contributed by atoms with Gasteiger partial charge in [0.15, 0.2) is 0 Å². The number of carbonyl (C=O) groups excluding carboxylic acids is 1. The first-order valence-electron chi connectivity index (χ1n) is 7.32. The second kappa shape index (κ2) is 6.94. The summed E-state index contributed by atoms with van der Waals surface area (Å²) in [5.74, 6) is 0.951. The summed E-state index contributed by atoms with van der Waals surface area (Å²) in [7, 11) is 1.66. The molecule has 2 aromatic rings. The first-order chi connectivity index (χ1) is 10.8. The van der Waals surface area contributed by atoms with E-state index in [1.807, 2.05) is 46.0 Å². The highest BCUT2D eigenvalue weighted by molar-refractivity contribution is 7.08. The molecule has 1 aromatic heterocycles. The quantitative estimate of drug-likeness (QED) is 0.870. The van der Waals surface area contributed by atoms with E-state index in [2.05, 4.69) is 0 Å². The standard InChI is InChI=1S/C17H19NO3S/c1-20-15-4-2-13(3-5-15)10-16-11-18(7-8-21-16)17(19)14-6-9-22-12-14/h2-6,9,12,16H,7-8,10-11H2,1H3/t16-/m1/s1. The predicted octanol–water partition coefficient (Wildman–Crippen LogP) is 2.84. The van der Waals surface area contributed by atoms with Crippen molar-refractivity contribution in [2.24, 2.45) is 0 Å². The van der Waals surface area contributed by atoms with Crippen molar-refractivity contribution < 1.29 is 14.3 Å². The Kier molecular flexibility index (Phi) is 4.75. The SMILES string of the molecule is COc1ccc(C[C@@H]2CN(C(=O)c3ccsc3)CCO2)cc1. The average Bonchev–Trinajstić information content (AvgIpc) is 3.09. The van der Waals surface area contributed by atoms with Gasteiger partial charge in [0.25, 0.3) is 5.91 Å². The summed E-state index contributed by atoms with van der Waals surface area (Å²) < 4.78 is 11.0. The maximum absolute atomic E-state index is 12.4. The zero-order chi connectivity index (χ0) is 15.4. The van der Waals surface area contributed by atoms with E-state index in [1.165, 1.54) is 5.56 Å². The molecule has 1 aliphatic rings. The highest BCUT2D eigenvalue weighted by atomic mass is 32.1. The molecule has 5 heteroatoms. The fourth-order valence-corrected chi connectivity index (χ4v) is 3.25. The molecule has 0 N–H and O–H groups in total. The van der Waals surface area contributed by atoms with E-state index in [4.69, 9.17) is 9.47 Å². The van der Waals surface area contributed by atoms with Gasteiger partial charge in [0.1, 0.15) is 5.75 Å². The lowest BCUT2D eigenvalue weighted by Crippen LogP contribution is -2.46. The fraction of sp³-hybridized carbons (Fsp3) is 0.353. The van der Waals surface area contributed by atoms with Crippen molar-refractivity contribution in [1.29, 1.82) is 0 Å². The zero-order valence-corrected chi connectivity index (χ0v) is 13.3. The van der Waals surface area contributed by atoms with Gasteiger partial charge in [-0.1, -0.05) is 12.1 Å². The van der Waals surface area contributed by atoms with Crippen molar-refractivity contribution >= 4 is 17.2 Å². The summed E-state index contributed by atoms with van der Waals surface area (Å²) in [5, 5.41) is 3.83. The van der Waals surface area contributed by atoms with Gasteiger partial charge in [0.2, 0.25) is 0 Å². The minimum atomic E-state index is 0.0460. The highest BCUT2D eigenvalue weighted by Crippen LogP contribution is 2.17. The lowest BCUT2D eigenvalue weighted by Gasteiger charge is -2.33. The van der Waals surface area contributed by atoms with E-state index in [-0.39, 0.29) is 12.0 Å². The van der Waals surface area contributed by atoms with Crippen molar-refractivity contribution in [2.45, 2.75) is 12.5 Å². The van der Waals surface area contributed by atoms with Crippen LogP contribution in [0.4, 0.5) is 0 Å². The largest absolute Gasteiger partial charge is 0.497 e. The van der Waals surface area contributed by atoms with Gasteiger partial charge in [-0.05, 0) is 29.1 Å². The third-order valence-corrected chi connectivity index (χ3v) is 4.50. The molecule has 1 saturated heterocycles. The van der Waals surface area contributed by atoms with Gasteiger partial charge < -0.3 is 14.4 Å².